The van der Waals surface area contributed by atoms with Crippen molar-refractivity contribution >= 4 is 29.3 Å². The molecule has 0 aliphatic heterocycles. The number of carboxylic acids is 1. The van der Waals surface area contributed by atoms with Crippen LogP contribution < -0.4 is 0 Å². The van der Waals surface area contributed by atoms with Gasteiger partial charge in [0, 0.05) is 6.92 Å². The SMILES string of the molecule is Cc1nc(CSc2ncc(Cl)c(C(=O)O)n2)no1. The van der Waals surface area contributed by atoms with E-state index in [9.17, 15) is 4.79 Å². The Morgan fingerprint density at radius 2 is 2.33 bits per heavy atom. The van der Waals surface area contributed by atoms with Crippen LogP contribution in [0.15, 0.2) is 15.9 Å². The Morgan fingerprint density at radius 3 is 2.94 bits per heavy atom. The first kappa shape index (κ1) is 12.8. The molecular weight excluding hydrogens is 280 g/mol. The van der Waals surface area contributed by atoms with Crippen molar-refractivity contribution in [2.24, 2.45) is 0 Å². The Hall–Kier alpha value is -1.67. The van der Waals surface area contributed by atoms with E-state index in [2.05, 4.69) is 20.1 Å². The van der Waals surface area contributed by atoms with Gasteiger partial charge < -0.3 is 9.63 Å². The minimum atomic E-state index is -1.19. The number of hydrogen-bond acceptors (Lipinski definition) is 7. The van der Waals surface area contributed by atoms with Crippen LogP contribution in [0.1, 0.15) is 22.2 Å². The third kappa shape index (κ3) is 2.96. The Labute approximate surface area is 111 Å². The van der Waals surface area contributed by atoms with Gasteiger partial charge in [-0.1, -0.05) is 28.5 Å². The van der Waals surface area contributed by atoms with Crippen molar-refractivity contribution in [1.29, 1.82) is 0 Å². The summed E-state index contributed by atoms with van der Waals surface area (Å²) in [5.74, 6) is 0.152. The molecule has 0 amide bonds. The van der Waals surface area contributed by atoms with E-state index in [4.69, 9.17) is 21.2 Å². The summed E-state index contributed by atoms with van der Waals surface area (Å²) >= 11 is 6.85. The second-order valence-corrected chi connectivity index (χ2v) is 4.52. The molecule has 94 valence electrons. The lowest BCUT2D eigenvalue weighted by Crippen LogP contribution is -2.03. The van der Waals surface area contributed by atoms with Crippen LogP contribution in [-0.2, 0) is 5.75 Å². The van der Waals surface area contributed by atoms with Gasteiger partial charge in [0.25, 0.3) is 0 Å². The van der Waals surface area contributed by atoms with Crippen LogP contribution in [0.25, 0.3) is 0 Å². The number of aromatic carboxylic acids is 1. The highest BCUT2D eigenvalue weighted by atomic mass is 35.5. The fourth-order valence-corrected chi connectivity index (χ4v) is 1.93. The van der Waals surface area contributed by atoms with Crippen molar-refractivity contribution in [1.82, 2.24) is 20.1 Å². The van der Waals surface area contributed by atoms with E-state index in [1.165, 1.54) is 18.0 Å². The number of thioether (sulfide) groups is 1. The van der Waals surface area contributed by atoms with Crippen molar-refractivity contribution in [3.63, 3.8) is 0 Å². The minimum absolute atomic E-state index is 0.00209. The zero-order valence-corrected chi connectivity index (χ0v) is 10.7. The number of nitrogens with zero attached hydrogens (tertiary/aromatic N) is 4. The molecule has 0 aliphatic carbocycles. The summed E-state index contributed by atoms with van der Waals surface area (Å²) in [6.45, 7) is 1.68. The number of carbonyl (C=O) groups is 1. The highest BCUT2D eigenvalue weighted by Gasteiger charge is 2.13. The Balaban J connectivity index is 2.10. The van der Waals surface area contributed by atoms with Gasteiger partial charge in [-0.25, -0.2) is 14.8 Å². The summed E-state index contributed by atoms with van der Waals surface area (Å²) in [6, 6.07) is 0. The summed E-state index contributed by atoms with van der Waals surface area (Å²) < 4.78 is 4.80. The molecule has 0 fully saturated rings. The molecule has 1 N–H and O–H groups in total. The topological polar surface area (TPSA) is 102 Å². The molecule has 2 heterocycles. The lowest BCUT2D eigenvalue weighted by Gasteiger charge is -2.00. The summed E-state index contributed by atoms with van der Waals surface area (Å²) in [5.41, 5.74) is -0.224. The largest absolute Gasteiger partial charge is 0.476 e. The van der Waals surface area contributed by atoms with Crippen LogP contribution >= 0.6 is 23.4 Å². The fourth-order valence-electron chi connectivity index (χ4n) is 1.10. The third-order valence-electron chi connectivity index (χ3n) is 1.82. The zero-order chi connectivity index (χ0) is 13.1. The van der Waals surface area contributed by atoms with Gasteiger partial charge in [-0.15, -0.1) is 0 Å². The predicted octanol–water partition coefficient (Wildman–Crippen LogP) is 1.81. The van der Waals surface area contributed by atoms with Gasteiger partial charge in [0.15, 0.2) is 16.7 Å². The lowest BCUT2D eigenvalue weighted by molar-refractivity contribution is 0.0689. The van der Waals surface area contributed by atoms with Gasteiger partial charge in [0.2, 0.25) is 5.89 Å². The van der Waals surface area contributed by atoms with Crippen molar-refractivity contribution in [3.8, 4) is 0 Å². The number of carboxylic acid groups (broad SMARTS) is 1. The molecule has 0 aliphatic rings. The van der Waals surface area contributed by atoms with Crippen molar-refractivity contribution < 1.29 is 14.4 Å². The van der Waals surface area contributed by atoms with Gasteiger partial charge in [-0.2, -0.15) is 4.98 Å². The van der Waals surface area contributed by atoms with E-state index in [-0.39, 0.29) is 10.7 Å². The molecule has 0 bridgehead atoms. The third-order valence-corrected chi connectivity index (χ3v) is 2.96. The molecule has 18 heavy (non-hydrogen) atoms. The highest BCUT2D eigenvalue weighted by Crippen LogP contribution is 2.20. The van der Waals surface area contributed by atoms with Gasteiger partial charge in [0.05, 0.1) is 17.0 Å². The van der Waals surface area contributed by atoms with E-state index >= 15 is 0 Å². The van der Waals surface area contributed by atoms with E-state index in [0.29, 0.717) is 22.6 Å². The Morgan fingerprint density at radius 1 is 1.56 bits per heavy atom. The first-order valence-corrected chi connectivity index (χ1v) is 6.10. The van der Waals surface area contributed by atoms with Crippen LogP contribution in [0.3, 0.4) is 0 Å². The lowest BCUT2D eigenvalue weighted by atomic mass is 10.4. The van der Waals surface area contributed by atoms with Crippen LogP contribution in [0, 0.1) is 6.92 Å². The standard InChI is InChI=1S/C9H7ClN4O3S/c1-4-12-6(14-17-4)3-18-9-11-2-5(10)7(13-9)8(15)16/h2H,3H2,1H3,(H,15,16). The monoisotopic (exact) mass is 286 g/mol. The maximum Gasteiger partial charge on any atom is 0.356 e. The summed E-state index contributed by atoms with van der Waals surface area (Å²) in [4.78, 5) is 22.6. The normalized spacial score (nSPS) is 10.6. The quantitative estimate of drug-likeness (QED) is 0.670. The van der Waals surface area contributed by atoms with E-state index in [1.807, 2.05) is 0 Å². The van der Waals surface area contributed by atoms with Crippen molar-refractivity contribution in [2.75, 3.05) is 0 Å². The Bertz CT molecular complexity index is 589. The maximum atomic E-state index is 10.8. The maximum absolute atomic E-state index is 10.8. The molecule has 0 aromatic carbocycles. The highest BCUT2D eigenvalue weighted by molar-refractivity contribution is 7.98. The van der Waals surface area contributed by atoms with Gasteiger partial charge in [-0.3, -0.25) is 0 Å². The van der Waals surface area contributed by atoms with Gasteiger partial charge in [0.1, 0.15) is 0 Å². The molecule has 0 saturated carbocycles. The second-order valence-electron chi connectivity index (χ2n) is 3.17. The summed E-state index contributed by atoms with van der Waals surface area (Å²) in [5, 5.41) is 12.8. The summed E-state index contributed by atoms with van der Waals surface area (Å²) in [6.07, 6.45) is 1.25. The molecule has 0 atom stereocenters. The van der Waals surface area contributed by atoms with Crippen LogP contribution in [0.2, 0.25) is 5.02 Å². The van der Waals surface area contributed by atoms with Crippen molar-refractivity contribution in [2.45, 2.75) is 17.8 Å². The number of rotatable bonds is 4. The second kappa shape index (κ2) is 5.32. The molecule has 0 saturated heterocycles. The van der Waals surface area contributed by atoms with E-state index < -0.39 is 5.97 Å². The van der Waals surface area contributed by atoms with E-state index in [1.54, 1.807) is 6.92 Å². The number of aromatic nitrogens is 4. The zero-order valence-electron chi connectivity index (χ0n) is 9.12. The van der Waals surface area contributed by atoms with Gasteiger partial charge in [-0.05, 0) is 0 Å². The van der Waals surface area contributed by atoms with Crippen LogP contribution in [-0.4, -0.2) is 31.2 Å². The smallest absolute Gasteiger partial charge is 0.356 e. The molecule has 9 heteroatoms. The summed E-state index contributed by atoms with van der Waals surface area (Å²) in [7, 11) is 0. The minimum Gasteiger partial charge on any atom is -0.476 e. The van der Waals surface area contributed by atoms with Gasteiger partial charge >= 0.3 is 5.97 Å². The first-order chi connectivity index (χ1) is 8.56. The fraction of sp³-hybridized carbons (Fsp3) is 0.222. The molecule has 2 rings (SSSR count). The molecule has 0 unspecified atom stereocenters. The Kier molecular flexibility index (Phi) is 3.78. The number of halogens is 1. The number of hydrogen-bond donors (Lipinski definition) is 1. The molecule has 7 nitrogen and oxygen atoms in total. The average Bonchev–Trinajstić information content (AvgIpc) is 2.74. The van der Waals surface area contributed by atoms with Crippen molar-refractivity contribution in [3.05, 3.63) is 28.6 Å². The first-order valence-electron chi connectivity index (χ1n) is 4.74. The number of aryl methyl sites for hydroxylation is 1. The molecular formula is C9H7ClN4O3S. The average molecular weight is 287 g/mol. The molecule has 2 aromatic rings. The molecule has 0 spiro atoms. The predicted molar refractivity (Wildman–Crippen MR) is 62.6 cm³/mol. The molecule has 2 aromatic heterocycles. The van der Waals surface area contributed by atoms with Crippen LogP contribution in [0.5, 0.6) is 0 Å². The molecule has 0 radical (unpaired) electrons. The van der Waals surface area contributed by atoms with E-state index in [0.717, 1.165) is 0 Å². The van der Waals surface area contributed by atoms with Crippen LogP contribution in [0.4, 0.5) is 0 Å².